The molecule has 0 aromatic heterocycles. The van der Waals surface area contributed by atoms with Gasteiger partial charge in [0.25, 0.3) is 5.69 Å². The third-order valence-electron chi connectivity index (χ3n) is 3.29. The van der Waals surface area contributed by atoms with Crippen LogP contribution in [0.4, 0.5) is 5.69 Å². The van der Waals surface area contributed by atoms with Crippen LogP contribution in [0.2, 0.25) is 0 Å². The molecule has 0 spiro atoms. The van der Waals surface area contributed by atoms with E-state index in [1.165, 1.54) is 19.2 Å². The molecule has 24 heavy (non-hydrogen) atoms. The Morgan fingerprint density at radius 2 is 2.08 bits per heavy atom. The maximum absolute atomic E-state index is 10.9. The van der Waals surface area contributed by atoms with E-state index in [-0.39, 0.29) is 5.69 Å². The van der Waals surface area contributed by atoms with E-state index < -0.39 is 4.92 Å². The topological polar surface area (TPSA) is 85.4 Å². The molecule has 6 nitrogen and oxygen atoms in total. The number of nitriles is 1. The van der Waals surface area contributed by atoms with Crippen LogP contribution in [0.15, 0.2) is 42.5 Å². The zero-order valence-corrected chi connectivity index (χ0v) is 13.4. The summed E-state index contributed by atoms with van der Waals surface area (Å²) in [5.74, 6) is 1.17. The van der Waals surface area contributed by atoms with Crippen molar-refractivity contribution in [3.05, 3.63) is 63.7 Å². The standard InChI is InChI=1S/C18H16N2O4/c1-3-24-17-8-7-13(10-18(17)23-2)9-15(12-19)14-5-4-6-16(11-14)20(21)22/h4-11H,3H2,1-2H3. The lowest BCUT2D eigenvalue weighted by Gasteiger charge is -2.09. The van der Waals surface area contributed by atoms with Crippen LogP contribution in [0.1, 0.15) is 18.1 Å². The molecular weight excluding hydrogens is 308 g/mol. The van der Waals surface area contributed by atoms with Crippen LogP contribution >= 0.6 is 0 Å². The van der Waals surface area contributed by atoms with Gasteiger partial charge in [-0.15, -0.1) is 0 Å². The van der Waals surface area contributed by atoms with Crippen molar-refractivity contribution >= 4 is 17.3 Å². The van der Waals surface area contributed by atoms with Crippen LogP contribution in [-0.2, 0) is 0 Å². The summed E-state index contributed by atoms with van der Waals surface area (Å²) in [5, 5.41) is 20.3. The number of allylic oxidation sites excluding steroid dienone is 1. The summed E-state index contributed by atoms with van der Waals surface area (Å²) in [6.07, 6.45) is 1.65. The van der Waals surface area contributed by atoms with E-state index in [0.29, 0.717) is 29.2 Å². The zero-order chi connectivity index (χ0) is 17.5. The average molecular weight is 324 g/mol. The van der Waals surface area contributed by atoms with E-state index in [4.69, 9.17) is 9.47 Å². The third-order valence-corrected chi connectivity index (χ3v) is 3.29. The Hall–Kier alpha value is -3.33. The maximum Gasteiger partial charge on any atom is 0.270 e. The summed E-state index contributed by atoms with van der Waals surface area (Å²) in [4.78, 5) is 10.4. The molecule has 6 heteroatoms. The van der Waals surface area contributed by atoms with Gasteiger partial charge in [-0.05, 0) is 36.3 Å². The molecule has 0 fully saturated rings. The Kier molecular flexibility index (Phi) is 5.53. The molecule has 0 unspecified atom stereocenters. The molecule has 0 saturated heterocycles. The van der Waals surface area contributed by atoms with E-state index in [1.54, 1.807) is 36.4 Å². The predicted molar refractivity (Wildman–Crippen MR) is 90.7 cm³/mol. The lowest BCUT2D eigenvalue weighted by Crippen LogP contribution is -1.95. The molecule has 0 saturated carbocycles. The minimum absolute atomic E-state index is 0.0575. The highest BCUT2D eigenvalue weighted by molar-refractivity contribution is 5.90. The number of non-ortho nitro benzene ring substituents is 1. The summed E-state index contributed by atoms with van der Waals surface area (Å²) in [6, 6.07) is 13.4. The number of ether oxygens (including phenoxy) is 2. The lowest BCUT2D eigenvalue weighted by molar-refractivity contribution is -0.384. The molecule has 2 rings (SSSR count). The monoisotopic (exact) mass is 324 g/mol. The first-order chi connectivity index (χ1) is 11.6. The van der Waals surface area contributed by atoms with Crippen LogP contribution in [0.3, 0.4) is 0 Å². The minimum Gasteiger partial charge on any atom is -0.493 e. The lowest BCUT2D eigenvalue weighted by atomic mass is 10.0. The van der Waals surface area contributed by atoms with Crippen molar-refractivity contribution < 1.29 is 14.4 Å². The van der Waals surface area contributed by atoms with Crippen LogP contribution in [0.5, 0.6) is 11.5 Å². The van der Waals surface area contributed by atoms with Gasteiger partial charge in [0.1, 0.15) is 0 Å². The number of nitrogens with zero attached hydrogens (tertiary/aromatic N) is 2. The number of nitro groups is 1. The van der Waals surface area contributed by atoms with Gasteiger partial charge in [-0.1, -0.05) is 18.2 Å². The fourth-order valence-electron chi connectivity index (χ4n) is 2.18. The van der Waals surface area contributed by atoms with E-state index in [9.17, 15) is 15.4 Å². The predicted octanol–water partition coefficient (Wildman–Crippen LogP) is 4.07. The Morgan fingerprint density at radius 1 is 1.29 bits per heavy atom. The summed E-state index contributed by atoms with van der Waals surface area (Å²) >= 11 is 0. The zero-order valence-electron chi connectivity index (χ0n) is 13.4. The summed E-state index contributed by atoms with van der Waals surface area (Å²) in [6.45, 7) is 2.39. The smallest absolute Gasteiger partial charge is 0.270 e. The number of benzene rings is 2. The molecule has 0 aliphatic rings. The minimum atomic E-state index is -0.488. The summed E-state index contributed by atoms with van der Waals surface area (Å²) < 4.78 is 10.7. The highest BCUT2D eigenvalue weighted by Crippen LogP contribution is 2.30. The van der Waals surface area contributed by atoms with E-state index in [1.807, 2.05) is 6.92 Å². The Bertz CT molecular complexity index is 822. The van der Waals surface area contributed by atoms with Crippen LogP contribution in [-0.4, -0.2) is 18.6 Å². The van der Waals surface area contributed by atoms with Crippen molar-refractivity contribution in [2.75, 3.05) is 13.7 Å². The fraction of sp³-hybridized carbons (Fsp3) is 0.167. The van der Waals surface area contributed by atoms with Crippen molar-refractivity contribution in [1.29, 1.82) is 5.26 Å². The van der Waals surface area contributed by atoms with E-state index >= 15 is 0 Å². The highest BCUT2D eigenvalue weighted by atomic mass is 16.6. The normalized spacial score (nSPS) is 10.8. The second-order valence-electron chi connectivity index (χ2n) is 4.82. The first kappa shape index (κ1) is 17.0. The van der Waals surface area contributed by atoms with Gasteiger partial charge in [0.2, 0.25) is 0 Å². The van der Waals surface area contributed by atoms with Crippen molar-refractivity contribution in [3.8, 4) is 17.6 Å². The van der Waals surface area contributed by atoms with Crippen LogP contribution < -0.4 is 9.47 Å². The molecule has 0 heterocycles. The molecule has 0 amide bonds. The van der Waals surface area contributed by atoms with Crippen molar-refractivity contribution in [1.82, 2.24) is 0 Å². The van der Waals surface area contributed by atoms with Gasteiger partial charge in [-0.25, -0.2) is 0 Å². The maximum atomic E-state index is 10.9. The highest BCUT2D eigenvalue weighted by Gasteiger charge is 2.10. The SMILES string of the molecule is CCOc1ccc(C=C(C#N)c2cccc([N+](=O)[O-])c2)cc1OC. The number of methoxy groups -OCH3 is 1. The van der Waals surface area contributed by atoms with Crippen molar-refractivity contribution in [3.63, 3.8) is 0 Å². The second-order valence-corrected chi connectivity index (χ2v) is 4.82. The molecule has 0 radical (unpaired) electrons. The largest absolute Gasteiger partial charge is 0.493 e. The van der Waals surface area contributed by atoms with Gasteiger partial charge in [0.05, 0.1) is 30.3 Å². The van der Waals surface area contributed by atoms with E-state index in [0.717, 1.165) is 5.56 Å². The second kappa shape index (κ2) is 7.79. The number of rotatable bonds is 6. The number of nitro benzene ring substituents is 1. The van der Waals surface area contributed by atoms with E-state index in [2.05, 4.69) is 6.07 Å². The average Bonchev–Trinajstić information content (AvgIpc) is 2.61. The van der Waals surface area contributed by atoms with Gasteiger partial charge in [-0.2, -0.15) is 5.26 Å². The van der Waals surface area contributed by atoms with Gasteiger partial charge < -0.3 is 9.47 Å². The Morgan fingerprint density at radius 3 is 2.71 bits per heavy atom. The molecule has 0 bridgehead atoms. The molecule has 0 N–H and O–H groups in total. The molecule has 122 valence electrons. The third kappa shape index (κ3) is 3.90. The van der Waals surface area contributed by atoms with Crippen molar-refractivity contribution in [2.45, 2.75) is 6.92 Å². The van der Waals surface area contributed by atoms with Gasteiger partial charge in [0.15, 0.2) is 11.5 Å². The van der Waals surface area contributed by atoms with Gasteiger partial charge in [0, 0.05) is 12.1 Å². The first-order valence-electron chi connectivity index (χ1n) is 7.26. The number of hydrogen-bond acceptors (Lipinski definition) is 5. The van der Waals surface area contributed by atoms with Crippen LogP contribution in [0, 0.1) is 21.4 Å². The van der Waals surface area contributed by atoms with Gasteiger partial charge in [-0.3, -0.25) is 10.1 Å². The molecule has 2 aromatic rings. The molecule has 0 atom stereocenters. The Balaban J connectivity index is 2.42. The summed E-state index contributed by atoms with van der Waals surface area (Å²) in [5.41, 5.74) is 1.49. The molecular formula is C18H16N2O4. The molecule has 0 aliphatic heterocycles. The Labute approximate surface area is 139 Å². The summed E-state index contributed by atoms with van der Waals surface area (Å²) in [7, 11) is 1.54. The number of hydrogen-bond donors (Lipinski definition) is 0. The molecule has 0 aliphatic carbocycles. The fourth-order valence-corrected chi connectivity index (χ4v) is 2.18. The first-order valence-corrected chi connectivity index (χ1v) is 7.26. The quantitative estimate of drug-likeness (QED) is 0.346. The van der Waals surface area contributed by atoms with Crippen LogP contribution in [0.25, 0.3) is 11.6 Å². The van der Waals surface area contributed by atoms with Gasteiger partial charge >= 0.3 is 0 Å². The molecule has 2 aromatic carbocycles. The van der Waals surface area contributed by atoms with Crippen molar-refractivity contribution in [2.24, 2.45) is 0 Å².